The molecule has 1 fully saturated rings. The molecule has 1 saturated heterocycles. The van der Waals surface area contributed by atoms with Crippen molar-refractivity contribution in [1.29, 1.82) is 0 Å². The molecule has 0 aromatic heterocycles. The Hall–Kier alpha value is -4.00. The Morgan fingerprint density at radius 1 is 0.820 bits per heavy atom. The zero-order chi connectivity index (χ0) is 35.9. The van der Waals surface area contributed by atoms with Crippen LogP contribution in [-0.2, 0) is 32.5 Å². The summed E-state index contributed by atoms with van der Waals surface area (Å²) in [6.45, 7) is 7.24. The molecule has 11 heteroatoms. The van der Waals surface area contributed by atoms with Gasteiger partial charge in [-0.25, -0.2) is 4.79 Å². The molecule has 1 aliphatic heterocycles. The van der Waals surface area contributed by atoms with Gasteiger partial charge in [-0.1, -0.05) is 124 Å². The van der Waals surface area contributed by atoms with Crippen molar-refractivity contribution in [2.45, 2.75) is 57.5 Å². The number of hydrogen-bond donors (Lipinski definition) is 0. The fourth-order valence-corrected chi connectivity index (χ4v) is 12.8. The van der Waals surface area contributed by atoms with E-state index in [0.29, 0.717) is 18.7 Å². The predicted octanol–water partition coefficient (Wildman–Crippen LogP) is 5.66. The van der Waals surface area contributed by atoms with Gasteiger partial charge in [0.2, 0.25) is 0 Å². The lowest BCUT2D eigenvalue weighted by atomic mass is 10.1. The van der Waals surface area contributed by atoms with Crippen molar-refractivity contribution in [3.8, 4) is 5.75 Å². The van der Waals surface area contributed by atoms with E-state index in [9.17, 15) is 13.2 Å². The second-order valence-corrected chi connectivity index (χ2v) is 20.2. The quantitative estimate of drug-likeness (QED) is 0.166. The molecular formula is C39H49N3O6SSi. The lowest BCUT2D eigenvalue weighted by molar-refractivity contribution is 0.0714. The van der Waals surface area contributed by atoms with Crippen molar-refractivity contribution >= 4 is 35.0 Å². The largest absolute Gasteiger partial charge is 0.497 e. The minimum atomic E-state index is -3.95. The summed E-state index contributed by atoms with van der Waals surface area (Å²) >= 11 is 0. The van der Waals surface area contributed by atoms with Crippen molar-refractivity contribution < 1.29 is 27.1 Å². The number of hydrogen-bond acceptors (Lipinski definition) is 6. The summed E-state index contributed by atoms with van der Waals surface area (Å²) in [6.07, 6.45) is -0.0858. The monoisotopic (exact) mass is 715 g/mol. The fourth-order valence-electron chi connectivity index (χ4n) is 6.87. The molecule has 0 N–H and O–H groups in total. The van der Waals surface area contributed by atoms with Gasteiger partial charge in [0, 0.05) is 27.2 Å². The number of likely N-dealkylation sites (tertiary alicyclic amines) is 1. The first kappa shape index (κ1) is 37.3. The van der Waals surface area contributed by atoms with Crippen LogP contribution >= 0.6 is 0 Å². The van der Waals surface area contributed by atoms with E-state index in [2.05, 4.69) is 45.0 Å². The highest BCUT2D eigenvalue weighted by molar-refractivity contribution is 7.86. The summed E-state index contributed by atoms with van der Waals surface area (Å²) in [5.41, 5.74) is 1.67. The van der Waals surface area contributed by atoms with Gasteiger partial charge in [-0.05, 0) is 45.1 Å². The van der Waals surface area contributed by atoms with Crippen LogP contribution in [0.5, 0.6) is 5.75 Å². The number of carbonyl (C=O) groups is 1. The third-order valence-corrected chi connectivity index (χ3v) is 16.4. The summed E-state index contributed by atoms with van der Waals surface area (Å²) in [6, 6.07) is 36.3. The first-order valence-corrected chi connectivity index (χ1v) is 20.2. The molecule has 0 unspecified atom stereocenters. The van der Waals surface area contributed by atoms with E-state index in [0.717, 1.165) is 21.5 Å². The maximum atomic E-state index is 14.1. The smallest absolute Gasteiger partial charge is 0.410 e. The minimum absolute atomic E-state index is 0.106. The lowest BCUT2D eigenvalue weighted by Crippen LogP contribution is -2.68. The van der Waals surface area contributed by atoms with Crippen LogP contribution in [0.3, 0.4) is 0 Å². The molecule has 0 spiro atoms. The Kier molecular flexibility index (Phi) is 11.9. The van der Waals surface area contributed by atoms with Crippen LogP contribution in [0.25, 0.3) is 0 Å². The number of ether oxygens (including phenoxy) is 2. The summed E-state index contributed by atoms with van der Waals surface area (Å²) in [5, 5.41) is 1.88. The van der Waals surface area contributed by atoms with Crippen LogP contribution in [0.2, 0.25) is 5.04 Å². The van der Waals surface area contributed by atoms with E-state index >= 15 is 0 Å². The van der Waals surface area contributed by atoms with Gasteiger partial charge in [-0.2, -0.15) is 17.0 Å². The zero-order valence-electron chi connectivity index (χ0n) is 29.9. The van der Waals surface area contributed by atoms with Gasteiger partial charge in [0.15, 0.2) is 0 Å². The molecule has 1 amide bonds. The van der Waals surface area contributed by atoms with Gasteiger partial charge in [0.05, 0.1) is 25.8 Å². The van der Waals surface area contributed by atoms with E-state index in [1.807, 2.05) is 91.0 Å². The third-order valence-electron chi connectivity index (χ3n) is 9.46. The van der Waals surface area contributed by atoms with Crippen LogP contribution in [-0.4, -0.2) is 82.8 Å². The van der Waals surface area contributed by atoms with Crippen LogP contribution < -0.4 is 15.1 Å². The number of rotatable bonds is 13. The van der Waals surface area contributed by atoms with E-state index in [4.69, 9.17) is 13.9 Å². The minimum Gasteiger partial charge on any atom is -0.497 e. The third kappa shape index (κ3) is 7.97. The topological polar surface area (TPSA) is 88.6 Å². The molecule has 0 aliphatic carbocycles. The van der Waals surface area contributed by atoms with Crippen LogP contribution in [0, 0.1) is 0 Å². The van der Waals surface area contributed by atoms with Gasteiger partial charge in [0.25, 0.3) is 18.5 Å². The van der Waals surface area contributed by atoms with E-state index in [1.165, 1.54) is 22.7 Å². The van der Waals surface area contributed by atoms with E-state index < -0.39 is 36.7 Å². The van der Waals surface area contributed by atoms with Crippen LogP contribution in [0.15, 0.2) is 115 Å². The van der Waals surface area contributed by atoms with Crippen molar-refractivity contribution in [3.05, 3.63) is 126 Å². The highest BCUT2D eigenvalue weighted by atomic mass is 32.2. The standard InChI is InChI=1S/C39H49N3O6SSi/c1-39(2,3)50(34-18-12-8-13-19-34,35-20-14-9-15-21-35)48-30-37-36(26-27-41(37)38(43)47-29-32-16-10-7-11-17-32)42(49(44,45)40(4)5)28-31-22-24-33(46-6)25-23-31/h7-25,36-37H,26-30H2,1-6H3/t36-,37-/m0/s1. The maximum Gasteiger partial charge on any atom is 0.410 e. The number of carbonyl (C=O) groups excluding carboxylic acids is 1. The second kappa shape index (κ2) is 15.9. The molecule has 50 heavy (non-hydrogen) atoms. The maximum absolute atomic E-state index is 14.1. The molecule has 1 aliphatic rings. The Morgan fingerprint density at radius 2 is 1.36 bits per heavy atom. The summed E-state index contributed by atoms with van der Waals surface area (Å²) < 4.78 is 49.6. The normalized spacial score (nSPS) is 16.9. The highest BCUT2D eigenvalue weighted by Crippen LogP contribution is 2.38. The van der Waals surface area contributed by atoms with Crippen LogP contribution in [0.1, 0.15) is 38.3 Å². The predicted molar refractivity (Wildman–Crippen MR) is 200 cm³/mol. The Balaban J connectivity index is 1.57. The molecule has 5 rings (SSSR count). The van der Waals surface area contributed by atoms with E-state index in [-0.39, 0.29) is 24.8 Å². The summed E-state index contributed by atoms with van der Waals surface area (Å²) in [4.78, 5) is 15.6. The zero-order valence-corrected chi connectivity index (χ0v) is 31.7. The SMILES string of the molecule is COc1ccc(CN([C@H]2CCN(C(=O)OCc3ccccc3)[C@H]2CO[Si](c2ccccc2)(c2ccccc2)C(C)(C)C)S(=O)(=O)N(C)C)cc1. The molecule has 1 heterocycles. The number of amides is 1. The highest BCUT2D eigenvalue weighted by Gasteiger charge is 2.53. The number of nitrogens with zero attached hydrogens (tertiary/aromatic N) is 3. The molecule has 0 saturated carbocycles. The molecule has 0 radical (unpaired) electrons. The molecule has 4 aromatic rings. The molecule has 266 valence electrons. The van der Waals surface area contributed by atoms with Gasteiger partial charge >= 0.3 is 6.09 Å². The summed E-state index contributed by atoms with van der Waals surface area (Å²) in [7, 11) is -2.33. The van der Waals surface area contributed by atoms with Crippen LogP contribution in [0.4, 0.5) is 4.79 Å². The Bertz CT molecular complexity index is 1750. The second-order valence-electron chi connectivity index (χ2n) is 13.8. The van der Waals surface area contributed by atoms with Gasteiger partial charge in [-0.3, -0.25) is 0 Å². The lowest BCUT2D eigenvalue weighted by Gasteiger charge is -2.45. The van der Waals surface area contributed by atoms with Gasteiger partial charge in [-0.15, -0.1) is 0 Å². The van der Waals surface area contributed by atoms with Crippen molar-refractivity contribution in [1.82, 2.24) is 13.5 Å². The van der Waals surface area contributed by atoms with Crippen molar-refractivity contribution in [3.63, 3.8) is 0 Å². The molecule has 4 aromatic carbocycles. The van der Waals surface area contributed by atoms with Crippen molar-refractivity contribution in [2.24, 2.45) is 0 Å². The number of benzene rings is 4. The van der Waals surface area contributed by atoms with Gasteiger partial charge in [0.1, 0.15) is 12.4 Å². The Labute approximate surface area is 298 Å². The molecule has 2 atom stereocenters. The molecule has 0 bridgehead atoms. The first-order chi connectivity index (χ1) is 23.9. The Morgan fingerprint density at radius 3 is 1.86 bits per heavy atom. The van der Waals surface area contributed by atoms with E-state index in [1.54, 1.807) is 12.0 Å². The number of methoxy groups -OCH3 is 1. The van der Waals surface area contributed by atoms with Crippen molar-refractivity contribution in [2.75, 3.05) is 34.4 Å². The molecular weight excluding hydrogens is 667 g/mol. The molecule has 9 nitrogen and oxygen atoms in total. The summed E-state index contributed by atoms with van der Waals surface area (Å²) in [5.74, 6) is 0.681. The average Bonchev–Trinajstić information content (AvgIpc) is 3.54. The first-order valence-electron chi connectivity index (χ1n) is 16.9. The average molecular weight is 716 g/mol. The fraction of sp³-hybridized carbons (Fsp3) is 0.359. The van der Waals surface area contributed by atoms with Gasteiger partial charge < -0.3 is 18.8 Å².